The Morgan fingerprint density at radius 2 is 2.07 bits per heavy atom. The maximum atomic E-state index is 8.57. The number of nitrogens with zero attached hydrogens (tertiary/aromatic N) is 3. The SMILES string of the molecule is CC(C#N)CSc1nc(N)cc(N)n1. The Morgan fingerprint density at radius 1 is 1.50 bits per heavy atom. The van der Waals surface area contributed by atoms with E-state index in [0.29, 0.717) is 22.5 Å². The van der Waals surface area contributed by atoms with E-state index < -0.39 is 0 Å². The molecular weight excluding hydrogens is 198 g/mol. The quantitative estimate of drug-likeness (QED) is 0.566. The lowest BCUT2D eigenvalue weighted by atomic mass is 10.3. The van der Waals surface area contributed by atoms with E-state index >= 15 is 0 Å². The number of nitrogen functional groups attached to an aromatic ring is 2. The number of anilines is 2. The predicted octanol–water partition coefficient (Wildman–Crippen LogP) is 0.893. The average Bonchev–Trinajstić information content (AvgIpc) is 2.12. The molecule has 0 radical (unpaired) electrons. The Kier molecular flexibility index (Phi) is 3.54. The summed E-state index contributed by atoms with van der Waals surface area (Å²) >= 11 is 1.38. The van der Waals surface area contributed by atoms with Crippen molar-refractivity contribution in [3.8, 4) is 6.07 Å². The van der Waals surface area contributed by atoms with Crippen LogP contribution < -0.4 is 11.5 Å². The van der Waals surface area contributed by atoms with Gasteiger partial charge in [-0.3, -0.25) is 0 Å². The first-order valence-corrected chi connectivity index (χ1v) is 5.03. The molecule has 74 valence electrons. The highest BCUT2D eigenvalue weighted by atomic mass is 32.2. The van der Waals surface area contributed by atoms with Crippen molar-refractivity contribution in [3.05, 3.63) is 6.07 Å². The molecule has 1 unspecified atom stereocenters. The minimum Gasteiger partial charge on any atom is -0.383 e. The van der Waals surface area contributed by atoms with Crippen molar-refractivity contribution in [1.82, 2.24) is 9.97 Å². The lowest BCUT2D eigenvalue weighted by Crippen LogP contribution is -2.01. The van der Waals surface area contributed by atoms with E-state index in [0.717, 1.165) is 0 Å². The van der Waals surface area contributed by atoms with Crippen molar-refractivity contribution in [1.29, 1.82) is 5.26 Å². The fourth-order valence-corrected chi connectivity index (χ4v) is 1.58. The largest absolute Gasteiger partial charge is 0.383 e. The summed E-state index contributed by atoms with van der Waals surface area (Å²) in [6, 6.07) is 3.62. The molecule has 0 aliphatic rings. The molecule has 1 heterocycles. The molecule has 0 bridgehead atoms. The van der Waals surface area contributed by atoms with Crippen molar-refractivity contribution in [3.63, 3.8) is 0 Å². The molecule has 0 saturated heterocycles. The molecule has 1 aromatic heterocycles. The lowest BCUT2D eigenvalue weighted by molar-refractivity contribution is 0.857. The Balaban J connectivity index is 2.64. The second kappa shape index (κ2) is 4.67. The number of hydrogen-bond donors (Lipinski definition) is 2. The maximum absolute atomic E-state index is 8.57. The Hall–Kier alpha value is -1.48. The second-order valence-corrected chi connectivity index (χ2v) is 3.83. The molecule has 5 nitrogen and oxygen atoms in total. The van der Waals surface area contributed by atoms with Crippen molar-refractivity contribution < 1.29 is 0 Å². The van der Waals surface area contributed by atoms with Crippen molar-refractivity contribution in [2.75, 3.05) is 17.2 Å². The van der Waals surface area contributed by atoms with Gasteiger partial charge in [0.1, 0.15) is 11.6 Å². The van der Waals surface area contributed by atoms with Gasteiger partial charge in [0.05, 0.1) is 12.0 Å². The molecule has 1 atom stereocenters. The van der Waals surface area contributed by atoms with Crippen LogP contribution >= 0.6 is 11.8 Å². The van der Waals surface area contributed by atoms with Gasteiger partial charge in [-0.2, -0.15) is 5.26 Å². The third-order valence-corrected chi connectivity index (χ3v) is 2.54. The Morgan fingerprint density at radius 3 is 2.57 bits per heavy atom. The summed E-state index contributed by atoms with van der Waals surface area (Å²) in [5, 5.41) is 9.09. The topological polar surface area (TPSA) is 102 Å². The zero-order chi connectivity index (χ0) is 10.6. The maximum Gasteiger partial charge on any atom is 0.191 e. The number of thioether (sulfide) groups is 1. The molecular formula is C8H11N5S. The van der Waals surface area contributed by atoms with Crippen LogP contribution in [0.4, 0.5) is 11.6 Å². The van der Waals surface area contributed by atoms with Crippen molar-refractivity contribution in [2.24, 2.45) is 5.92 Å². The van der Waals surface area contributed by atoms with Crippen LogP contribution in [0.1, 0.15) is 6.92 Å². The zero-order valence-electron chi connectivity index (χ0n) is 7.77. The number of rotatable bonds is 3. The summed E-state index contributed by atoms with van der Waals surface area (Å²) in [6.07, 6.45) is 0. The van der Waals surface area contributed by atoms with Gasteiger partial charge in [-0.1, -0.05) is 11.8 Å². The lowest BCUT2D eigenvalue weighted by Gasteiger charge is -2.02. The second-order valence-electron chi connectivity index (χ2n) is 2.84. The molecule has 0 amide bonds. The molecule has 14 heavy (non-hydrogen) atoms. The highest BCUT2D eigenvalue weighted by Crippen LogP contribution is 2.18. The predicted molar refractivity (Wildman–Crippen MR) is 56.4 cm³/mol. The molecule has 0 spiro atoms. The first-order chi connectivity index (χ1) is 6.61. The summed E-state index contributed by atoms with van der Waals surface area (Å²) in [4.78, 5) is 7.96. The smallest absolute Gasteiger partial charge is 0.191 e. The van der Waals surface area contributed by atoms with Crippen LogP contribution in [0.2, 0.25) is 0 Å². The van der Waals surface area contributed by atoms with Crippen molar-refractivity contribution in [2.45, 2.75) is 12.1 Å². The summed E-state index contributed by atoms with van der Waals surface area (Å²) in [5.74, 6) is 1.31. The van der Waals surface area contributed by atoms with Gasteiger partial charge < -0.3 is 11.5 Å². The van der Waals surface area contributed by atoms with Crippen LogP contribution in [-0.2, 0) is 0 Å². The molecule has 0 saturated carbocycles. The van der Waals surface area contributed by atoms with Crippen LogP contribution in [0.5, 0.6) is 0 Å². The first kappa shape index (κ1) is 10.6. The fourth-order valence-electron chi connectivity index (χ4n) is 0.763. The van der Waals surface area contributed by atoms with Crippen molar-refractivity contribution >= 4 is 23.4 Å². The summed E-state index contributed by atoms with van der Waals surface area (Å²) in [6.45, 7) is 1.84. The van der Waals surface area contributed by atoms with E-state index in [4.69, 9.17) is 16.7 Å². The minimum absolute atomic E-state index is 0.0359. The molecule has 0 aliphatic heterocycles. The normalized spacial score (nSPS) is 12.0. The molecule has 1 rings (SSSR count). The first-order valence-electron chi connectivity index (χ1n) is 4.04. The van der Waals surface area contributed by atoms with Gasteiger partial charge in [-0.25, -0.2) is 9.97 Å². The van der Waals surface area contributed by atoms with E-state index in [2.05, 4.69) is 16.0 Å². The van der Waals surface area contributed by atoms with Crippen LogP contribution in [-0.4, -0.2) is 15.7 Å². The molecule has 0 fully saturated rings. The number of nitriles is 1. The van der Waals surface area contributed by atoms with E-state index in [1.54, 1.807) is 0 Å². The molecule has 6 heteroatoms. The summed E-state index contributed by atoms with van der Waals surface area (Å²) < 4.78 is 0. The van der Waals surface area contributed by atoms with Gasteiger partial charge >= 0.3 is 0 Å². The summed E-state index contributed by atoms with van der Waals surface area (Å²) in [5.41, 5.74) is 11.0. The number of nitrogens with two attached hydrogens (primary N) is 2. The van der Waals surface area contributed by atoms with Gasteiger partial charge in [-0.15, -0.1) is 0 Å². The Bertz CT molecular complexity index is 339. The third-order valence-electron chi connectivity index (χ3n) is 1.43. The monoisotopic (exact) mass is 209 g/mol. The van der Waals surface area contributed by atoms with E-state index in [-0.39, 0.29) is 5.92 Å². The molecule has 4 N–H and O–H groups in total. The highest BCUT2D eigenvalue weighted by Gasteiger charge is 2.04. The van der Waals surface area contributed by atoms with Crippen LogP contribution in [0.25, 0.3) is 0 Å². The standard InChI is InChI=1S/C8H11N5S/c1-5(3-9)4-14-8-12-6(10)2-7(11)13-8/h2,5H,4H2,1H3,(H4,10,11,12,13). The van der Waals surface area contributed by atoms with Gasteiger partial charge in [0.2, 0.25) is 0 Å². The zero-order valence-corrected chi connectivity index (χ0v) is 8.58. The van der Waals surface area contributed by atoms with Gasteiger partial charge in [0.15, 0.2) is 5.16 Å². The van der Waals surface area contributed by atoms with Gasteiger partial charge in [0, 0.05) is 11.8 Å². The van der Waals surface area contributed by atoms with Crippen LogP contribution in [0.3, 0.4) is 0 Å². The Labute approximate surface area is 86.5 Å². The molecule has 0 aliphatic carbocycles. The molecule has 0 aromatic carbocycles. The minimum atomic E-state index is -0.0359. The van der Waals surface area contributed by atoms with Crippen LogP contribution in [0, 0.1) is 17.2 Å². The third kappa shape index (κ3) is 3.11. The van der Waals surface area contributed by atoms with E-state index in [1.165, 1.54) is 17.8 Å². The molecule has 1 aromatic rings. The van der Waals surface area contributed by atoms with E-state index in [9.17, 15) is 0 Å². The van der Waals surface area contributed by atoms with E-state index in [1.807, 2.05) is 6.92 Å². The summed E-state index contributed by atoms with van der Waals surface area (Å²) in [7, 11) is 0. The highest BCUT2D eigenvalue weighted by molar-refractivity contribution is 7.99. The van der Waals surface area contributed by atoms with Gasteiger partial charge in [-0.05, 0) is 6.92 Å². The number of aromatic nitrogens is 2. The van der Waals surface area contributed by atoms with Crippen LogP contribution in [0.15, 0.2) is 11.2 Å². The average molecular weight is 209 g/mol. The number of hydrogen-bond acceptors (Lipinski definition) is 6. The van der Waals surface area contributed by atoms with Gasteiger partial charge in [0.25, 0.3) is 0 Å². The fraction of sp³-hybridized carbons (Fsp3) is 0.375.